The van der Waals surface area contributed by atoms with E-state index in [4.69, 9.17) is 5.73 Å². The van der Waals surface area contributed by atoms with Crippen LogP contribution < -0.4 is 11.1 Å². The van der Waals surface area contributed by atoms with Gasteiger partial charge in [-0.25, -0.2) is 4.79 Å². The average molecular weight is 228 g/mol. The Morgan fingerprint density at radius 2 is 1.81 bits per heavy atom. The van der Waals surface area contributed by atoms with Crippen molar-refractivity contribution >= 4 is 11.9 Å². The molecule has 0 radical (unpaired) electrons. The van der Waals surface area contributed by atoms with E-state index in [1.165, 1.54) is 0 Å². The molecule has 0 spiro atoms. The zero-order valence-electron chi connectivity index (χ0n) is 9.82. The number of carboxylic acid groups (broad SMARTS) is 1. The molecule has 92 valence electrons. The Balaban J connectivity index is 2.70. The smallest absolute Gasteiger partial charge is 0.329 e. The molecule has 0 aromatic carbocycles. The van der Waals surface area contributed by atoms with Gasteiger partial charge < -0.3 is 16.2 Å². The van der Waals surface area contributed by atoms with Gasteiger partial charge in [0.15, 0.2) is 0 Å². The van der Waals surface area contributed by atoms with Gasteiger partial charge in [0, 0.05) is 0 Å². The molecule has 16 heavy (non-hydrogen) atoms. The van der Waals surface area contributed by atoms with Crippen LogP contribution in [0.15, 0.2) is 0 Å². The molecule has 1 aliphatic carbocycles. The fourth-order valence-corrected chi connectivity index (χ4v) is 1.99. The maximum absolute atomic E-state index is 11.8. The van der Waals surface area contributed by atoms with Crippen LogP contribution in [0.4, 0.5) is 0 Å². The Labute approximate surface area is 95.4 Å². The number of carboxylic acids is 1. The predicted octanol–water partition coefficient (Wildman–Crippen LogP) is 0.483. The van der Waals surface area contributed by atoms with Gasteiger partial charge in [0.2, 0.25) is 5.91 Å². The van der Waals surface area contributed by atoms with Gasteiger partial charge >= 0.3 is 5.97 Å². The second-order valence-electron chi connectivity index (χ2n) is 4.85. The lowest BCUT2D eigenvalue weighted by Gasteiger charge is -2.27. The summed E-state index contributed by atoms with van der Waals surface area (Å²) in [6, 6.07) is -0.642. The molecule has 5 nitrogen and oxygen atoms in total. The minimum atomic E-state index is -1.08. The molecule has 1 rings (SSSR count). The third kappa shape index (κ3) is 2.52. The van der Waals surface area contributed by atoms with Gasteiger partial charge in [-0.2, -0.15) is 0 Å². The molecular formula is C11H20N2O3. The van der Waals surface area contributed by atoms with Gasteiger partial charge in [0.1, 0.15) is 5.54 Å². The minimum absolute atomic E-state index is 0.00671. The summed E-state index contributed by atoms with van der Waals surface area (Å²) in [6.45, 7) is 3.68. The highest BCUT2D eigenvalue weighted by Crippen LogP contribution is 2.30. The summed E-state index contributed by atoms with van der Waals surface area (Å²) in [7, 11) is 0. The fourth-order valence-electron chi connectivity index (χ4n) is 1.99. The molecule has 4 N–H and O–H groups in total. The van der Waals surface area contributed by atoms with Crippen molar-refractivity contribution in [2.75, 3.05) is 0 Å². The molecule has 0 saturated heterocycles. The molecule has 0 aromatic rings. The van der Waals surface area contributed by atoms with E-state index in [0.29, 0.717) is 12.8 Å². The van der Waals surface area contributed by atoms with Crippen LogP contribution in [-0.2, 0) is 9.59 Å². The first kappa shape index (κ1) is 13.0. The van der Waals surface area contributed by atoms with Crippen molar-refractivity contribution in [1.29, 1.82) is 0 Å². The number of carbonyl (C=O) groups excluding carboxylic acids is 1. The summed E-state index contributed by atoms with van der Waals surface area (Å²) in [5.74, 6) is -1.30. The number of rotatable bonds is 4. The van der Waals surface area contributed by atoms with Gasteiger partial charge in [0.25, 0.3) is 0 Å². The first-order valence-corrected chi connectivity index (χ1v) is 5.70. The van der Waals surface area contributed by atoms with E-state index in [9.17, 15) is 14.7 Å². The largest absolute Gasteiger partial charge is 0.480 e. The Morgan fingerprint density at radius 3 is 2.19 bits per heavy atom. The van der Waals surface area contributed by atoms with Crippen LogP contribution in [0.5, 0.6) is 0 Å². The van der Waals surface area contributed by atoms with Crippen molar-refractivity contribution in [2.24, 2.45) is 11.7 Å². The van der Waals surface area contributed by atoms with Crippen LogP contribution in [0.2, 0.25) is 0 Å². The second-order valence-corrected chi connectivity index (χ2v) is 4.85. The first-order chi connectivity index (χ1) is 7.39. The van der Waals surface area contributed by atoms with Crippen molar-refractivity contribution in [3.8, 4) is 0 Å². The molecule has 0 unspecified atom stereocenters. The Morgan fingerprint density at radius 1 is 1.31 bits per heavy atom. The molecule has 0 bridgehead atoms. The van der Waals surface area contributed by atoms with Gasteiger partial charge in [-0.05, 0) is 18.8 Å². The zero-order valence-corrected chi connectivity index (χ0v) is 9.82. The van der Waals surface area contributed by atoms with Crippen LogP contribution in [0.1, 0.15) is 39.5 Å². The van der Waals surface area contributed by atoms with Gasteiger partial charge in [-0.15, -0.1) is 0 Å². The average Bonchev–Trinajstić information content (AvgIpc) is 2.66. The molecule has 0 aliphatic heterocycles. The Hall–Kier alpha value is -1.10. The SMILES string of the molecule is CC(C)[C@H](N)C(=O)NC1(C(=O)O)CCCC1. The summed E-state index contributed by atoms with van der Waals surface area (Å²) in [5, 5.41) is 11.8. The van der Waals surface area contributed by atoms with E-state index < -0.39 is 17.6 Å². The Bertz CT molecular complexity index is 283. The lowest BCUT2D eigenvalue weighted by molar-refractivity contribution is -0.147. The zero-order chi connectivity index (χ0) is 12.3. The number of nitrogens with two attached hydrogens (primary N) is 1. The van der Waals surface area contributed by atoms with Crippen LogP contribution in [-0.4, -0.2) is 28.6 Å². The third-order valence-electron chi connectivity index (χ3n) is 3.25. The van der Waals surface area contributed by atoms with Crippen LogP contribution >= 0.6 is 0 Å². The maximum atomic E-state index is 11.8. The monoisotopic (exact) mass is 228 g/mol. The second kappa shape index (κ2) is 4.82. The number of aliphatic carboxylic acids is 1. The van der Waals surface area contributed by atoms with E-state index in [1.54, 1.807) is 0 Å². The lowest BCUT2D eigenvalue weighted by atomic mass is 9.96. The van der Waals surface area contributed by atoms with E-state index in [-0.39, 0.29) is 11.8 Å². The van der Waals surface area contributed by atoms with Gasteiger partial charge in [-0.3, -0.25) is 4.79 Å². The quantitative estimate of drug-likeness (QED) is 0.652. The highest BCUT2D eigenvalue weighted by Gasteiger charge is 2.43. The number of amides is 1. The molecule has 1 amide bonds. The first-order valence-electron chi connectivity index (χ1n) is 5.70. The van der Waals surface area contributed by atoms with Crippen molar-refractivity contribution < 1.29 is 14.7 Å². The number of hydrogen-bond donors (Lipinski definition) is 3. The van der Waals surface area contributed by atoms with E-state index >= 15 is 0 Å². The fraction of sp³-hybridized carbons (Fsp3) is 0.818. The lowest BCUT2D eigenvalue weighted by Crippen LogP contribution is -2.57. The number of nitrogens with one attached hydrogen (secondary N) is 1. The summed E-state index contributed by atoms with van der Waals surface area (Å²) >= 11 is 0. The van der Waals surface area contributed by atoms with Crippen LogP contribution in [0, 0.1) is 5.92 Å². The molecule has 5 heteroatoms. The molecule has 0 aromatic heterocycles. The molecule has 1 saturated carbocycles. The van der Waals surface area contributed by atoms with Gasteiger partial charge in [0.05, 0.1) is 6.04 Å². The molecule has 1 atom stereocenters. The van der Waals surface area contributed by atoms with Gasteiger partial charge in [-0.1, -0.05) is 26.7 Å². The normalized spacial score (nSPS) is 20.8. The standard InChI is InChI=1S/C11H20N2O3/c1-7(2)8(12)9(14)13-11(10(15)16)5-3-4-6-11/h7-8H,3-6,12H2,1-2H3,(H,13,14)(H,15,16)/t8-/m0/s1. The van der Waals surface area contributed by atoms with Crippen molar-refractivity contribution in [1.82, 2.24) is 5.32 Å². The topological polar surface area (TPSA) is 92.4 Å². The van der Waals surface area contributed by atoms with E-state index in [0.717, 1.165) is 12.8 Å². The Kier molecular flexibility index (Phi) is 3.91. The van der Waals surface area contributed by atoms with Crippen LogP contribution in [0.3, 0.4) is 0 Å². The van der Waals surface area contributed by atoms with E-state index in [2.05, 4.69) is 5.32 Å². The van der Waals surface area contributed by atoms with E-state index in [1.807, 2.05) is 13.8 Å². The van der Waals surface area contributed by atoms with Crippen molar-refractivity contribution in [2.45, 2.75) is 51.1 Å². The summed E-state index contributed by atoms with van der Waals surface area (Å²) in [5.41, 5.74) is 4.61. The van der Waals surface area contributed by atoms with Crippen LogP contribution in [0.25, 0.3) is 0 Å². The molecule has 0 heterocycles. The third-order valence-corrected chi connectivity index (χ3v) is 3.25. The summed E-state index contributed by atoms with van der Waals surface area (Å²) in [6.07, 6.45) is 2.67. The highest BCUT2D eigenvalue weighted by molar-refractivity contribution is 5.89. The summed E-state index contributed by atoms with van der Waals surface area (Å²) in [4.78, 5) is 22.9. The summed E-state index contributed by atoms with van der Waals surface area (Å²) < 4.78 is 0. The van der Waals surface area contributed by atoms with Crippen molar-refractivity contribution in [3.63, 3.8) is 0 Å². The predicted molar refractivity (Wildman–Crippen MR) is 59.8 cm³/mol. The minimum Gasteiger partial charge on any atom is -0.480 e. The van der Waals surface area contributed by atoms with Crippen molar-refractivity contribution in [3.05, 3.63) is 0 Å². The maximum Gasteiger partial charge on any atom is 0.329 e. The molecule has 1 aliphatic rings. The molecular weight excluding hydrogens is 208 g/mol. The molecule has 1 fully saturated rings. The number of hydrogen-bond acceptors (Lipinski definition) is 3. The number of carbonyl (C=O) groups is 2. The highest BCUT2D eigenvalue weighted by atomic mass is 16.4.